The minimum atomic E-state index is -0.676. The Morgan fingerprint density at radius 3 is 2.25 bits per heavy atom. The Bertz CT molecular complexity index is 876. The van der Waals surface area contributed by atoms with E-state index in [1.54, 1.807) is 19.9 Å². The second-order valence-corrected chi connectivity index (χ2v) is 10.5. The van der Waals surface area contributed by atoms with E-state index in [-0.39, 0.29) is 55.3 Å². The SMILES string of the molecule is [C-]#[N+]CC(=O)OCC(C)OC(=O)CC1CC(C)(C)CC(C)(CNC(=O)OC(C)COC(=O)CC#N)C1. The Labute approximate surface area is 212 Å². The summed E-state index contributed by atoms with van der Waals surface area (Å²) in [5.41, 5.74) is -0.345. The summed E-state index contributed by atoms with van der Waals surface area (Å²) in [6.07, 6.45) is 0.262. The first-order chi connectivity index (χ1) is 16.8. The normalized spacial score (nSPS) is 22.0. The van der Waals surface area contributed by atoms with Crippen LogP contribution in [0.5, 0.6) is 0 Å². The number of rotatable bonds is 12. The highest BCUT2D eigenvalue weighted by atomic mass is 16.6. The number of amides is 1. The highest BCUT2D eigenvalue weighted by molar-refractivity contribution is 5.73. The fourth-order valence-electron chi connectivity index (χ4n) is 4.86. The largest absolute Gasteiger partial charge is 0.461 e. The van der Waals surface area contributed by atoms with Gasteiger partial charge in [0.2, 0.25) is 0 Å². The van der Waals surface area contributed by atoms with Crippen molar-refractivity contribution >= 4 is 24.0 Å². The molecule has 1 aliphatic rings. The van der Waals surface area contributed by atoms with Gasteiger partial charge in [0, 0.05) is 13.0 Å². The van der Waals surface area contributed by atoms with Gasteiger partial charge < -0.3 is 29.1 Å². The van der Waals surface area contributed by atoms with Crippen molar-refractivity contribution in [1.29, 1.82) is 5.26 Å². The molecule has 0 radical (unpaired) electrons. The van der Waals surface area contributed by atoms with Crippen LogP contribution in [0, 0.1) is 34.7 Å². The molecule has 36 heavy (non-hydrogen) atoms. The number of hydrogen-bond acceptors (Lipinski definition) is 9. The first-order valence-corrected chi connectivity index (χ1v) is 11.9. The van der Waals surface area contributed by atoms with Crippen LogP contribution in [0.15, 0.2) is 0 Å². The molecule has 1 saturated carbocycles. The number of hydrogen-bond donors (Lipinski definition) is 1. The molecule has 0 aliphatic heterocycles. The second-order valence-electron chi connectivity index (χ2n) is 10.5. The zero-order valence-corrected chi connectivity index (χ0v) is 21.8. The Balaban J connectivity index is 2.55. The van der Waals surface area contributed by atoms with Crippen LogP contribution in [0.4, 0.5) is 4.79 Å². The molecule has 4 atom stereocenters. The summed E-state index contributed by atoms with van der Waals surface area (Å²) in [4.78, 5) is 50.2. The number of ether oxygens (including phenoxy) is 4. The smallest absolute Gasteiger partial charge is 0.407 e. The maximum atomic E-state index is 12.5. The van der Waals surface area contributed by atoms with Crippen molar-refractivity contribution < 1.29 is 38.1 Å². The summed E-state index contributed by atoms with van der Waals surface area (Å²) >= 11 is 0. The lowest BCUT2D eigenvalue weighted by Crippen LogP contribution is -2.44. The highest BCUT2D eigenvalue weighted by Crippen LogP contribution is 2.49. The molecule has 0 heterocycles. The summed E-state index contributed by atoms with van der Waals surface area (Å²) in [7, 11) is 0. The molecule has 11 heteroatoms. The van der Waals surface area contributed by atoms with E-state index in [4.69, 9.17) is 30.8 Å². The summed E-state index contributed by atoms with van der Waals surface area (Å²) < 4.78 is 20.4. The zero-order chi connectivity index (χ0) is 27.4. The Morgan fingerprint density at radius 1 is 1.03 bits per heavy atom. The predicted molar refractivity (Wildman–Crippen MR) is 127 cm³/mol. The lowest BCUT2D eigenvalue weighted by atomic mass is 9.60. The van der Waals surface area contributed by atoms with E-state index in [0.717, 1.165) is 12.8 Å². The molecule has 4 unspecified atom stereocenters. The lowest BCUT2D eigenvalue weighted by Gasteiger charge is -2.46. The summed E-state index contributed by atoms with van der Waals surface area (Å²) in [5, 5.41) is 11.2. The Hall–Kier alpha value is -3.34. The van der Waals surface area contributed by atoms with Gasteiger partial charge in [0.05, 0.1) is 6.07 Å². The second kappa shape index (κ2) is 14.3. The van der Waals surface area contributed by atoms with Gasteiger partial charge in [-0.25, -0.2) is 16.2 Å². The van der Waals surface area contributed by atoms with Crippen molar-refractivity contribution in [3.63, 3.8) is 0 Å². The highest BCUT2D eigenvalue weighted by Gasteiger charge is 2.42. The van der Waals surface area contributed by atoms with Crippen molar-refractivity contribution in [3.05, 3.63) is 11.4 Å². The molecule has 1 amide bonds. The van der Waals surface area contributed by atoms with Crippen molar-refractivity contribution in [3.8, 4) is 6.07 Å². The minimum absolute atomic E-state index is 0.0411. The van der Waals surface area contributed by atoms with Crippen molar-refractivity contribution in [2.45, 2.75) is 78.9 Å². The standard InChI is InChI=1S/C25H37N3O8/c1-17(13-34-22(31)12-27-6)35-21(30)9-19-10-24(3,4)15-25(5,11-19)16-28-23(32)36-18(2)14-33-20(29)7-8-26/h17-19H,7,9-16H2,1-5H3,(H,28,32). The quantitative estimate of drug-likeness (QED) is 0.239. The van der Waals surface area contributed by atoms with Crippen LogP contribution in [0.25, 0.3) is 4.85 Å². The molecule has 1 fully saturated rings. The van der Waals surface area contributed by atoms with Gasteiger partial charge >= 0.3 is 30.5 Å². The fraction of sp³-hybridized carbons (Fsp3) is 0.760. The van der Waals surface area contributed by atoms with Crippen molar-refractivity contribution in [2.24, 2.45) is 16.7 Å². The number of nitrogens with zero attached hydrogens (tertiary/aromatic N) is 2. The van der Waals surface area contributed by atoms with Crippen LogP contribution in [0.3, 0.4) is 0 Å². The first-order valence-electron chi connectivity index (χ1n) is 11.9. The first kappa shape index (κ1) is 30.7. The summed E-state index contributed by atoms with van der Waals surface area (Å²) in [5.74, 6) is -1.68. The molecule has 1 aliphatic carbocycles. The van der Waals surface area contributed by atoms with Gasteiger partial charge in [0.15, 0.2) is 0 Å². The van der Waals surface area contributed by atoms with E-state index >= 15 is 0 Å². The molecule has 0 spiro atoms. The number of esters is 3. The molecule has 0 bridgehead atoms. The molecule has 11 nitrogen and oxygen atoms in total. The van der Waals surface area contributed by atoms with Crippen LogP contribution >= 0.6 is 0 Å². The maximum Gasteiger partial charge on any atom is 0.407 e. The van der Waals surface area contributed by atoms with E-state index in [1.807, 2.05) is 0 Å². The van der Waals surface area contributed by atoms with E-state index in [2.05, 4.69) is 30.9 Å². The van der Waals surface area contributed by atoms with Crippen LogP contribution in [0.1, 0.15) is 66.7 Å². The van der Waals surface area contributed by atoms with E-state index < -0.39 is 30.2 Å². The Kier molecular flexibility index (Phi) is 12.2. The number of carbonyl (C=O) groups is 4. The van der Waals surface area contributed by atoms with Gasteiger partial charge in [-0.3, -0.25) is 9.59 Å². The van der Waals surface area contributed by atoms with Crippen LogP contribution in [-0.4, -0.2) is 62.5 Å². The van der Waals surface area contributed by atoms with E-state index in [1.165, 1.54) is 0 Å². The molecular formula is C25H37N3O8. The van der Waals surface area contributed by atoms with Gasteiger partial charge in [-0.05, 0) is 49.9 Å². The number of nitrogens with one attached hydrogen (secondary N) is 1. The van der Waals surface area contributed by atoms with Crippen LogP contribution in [-0.2, 0) is 33.3 Å². The van der Waals surface area contributed by atoms with Crippen molar-refractivity contribution in [2.75, 3.05) is 26.3 Å². The molecule has 0 aromatic carbocycles. The Morgan fingerprint density at radius 2 is 1.64 bits per heavy atom. The van der Waals surface area contributed by atoms with Gasteiger partial charge in [-0.2, -0.15) is 5.26 Å². The predicted octanol–water partition coefficient (Wildman–Crippen LogP) is 3.17. The molecule has 0 saturated heterocycles. The average Bonchev–Trinajstić information content (AvgIpc) is 2.74. The van der Waals surface area contributed by atoms with Gasteiger partial charge in [0.25, 0.3) is 0 Å². The fourth-order valence-corrected chi connectivity index (χ4v) is 4.86. The average molecular weight is 508 g/mol. The third kappa shape index (κ3) is 12.4. The topological polar surface area (TPSA) is 145 Å². The van der Waals surface area contributed by atoms with Crippen LogP contribution < -0.4 is 5.32 Å². The van der Waals surface area contributed by atoms with Crippen LogP contribution in [0.2, 0.25) is 0 Å². The molecule has 200 valence electrons. The van der Waals surface area contributed by atoms with Crippen molar-refractivity contribution in [1.82, 2.24) is 5.32 Å². The molecule has 0 aromatic heterocycles. The van der Waals surface area contributed by atoms with Gasteiger partial charge in [0.1, 0.15) is 31.8 Å². The maximum absolute atomic E-state index is 12.5. The minimum Gasteiger partial charge on any atom is -0.461 e. The summed E-state index contributed by atoms with van der Waals surface area (Å²) in [6, 6.07) is 1.69. The van der Waals surface area contributed by atoms with Gasteiger partial charge in [-0.1, -0.05) is 20.8 Å². The molecular weight excluding hydrogens is 470 g/mol. The number of carbonyl (C=O) groups excluding carboxylic acids is 4. The number of nitriles is 1. The van der Waals surface area contributed by atoms with E-state index in [9.17, 15) is 19.2 Å². The lowest BCUT2D eigenvalue weighted by molar-refractivity contribution is -0.158. The molecule has 1 rings (SSSR count). The zero-order valence-electron chi connectivity index (χ0n) is 21.8. The number of alkyl carbamates (subject to hydrolysis) is 1. The third-order valence-corrected chi connectivity index (χ3v) is 5.67. The molecule has 0 aromatic rings. The van der Waals surface area contributed by atoms with E-state index in [0.29, 0.717) is 13.0 Å². The summed E-state index contributed by atoms with van der Waals surface area (Å²) in [6.45, 7) is 15.9. The molecule has 1 N–H and O–H groups in total. The van der Waals surface area contributed by atoms with Gasteiger partial charge in [-0.15, -0.1) is 0 Å². The third-order valence-electron chi connectivity index (χ3n) is 5.67. The monoisotopic (exact) mass is 507 g/mol.